The van der Waals surface area contributed by atoms with E-state index in [1.807, 2.05) is 61.0 Å². The molecule has 1 amide bonds. The summed E-state index contributed by atoms with van der Waals surface area (Å²) in [6.07, 6.45) is 7.68. The molecule has 1 N–H and O–H groups in total. The van der Waals surface area contributed by atoms with E-state index in [4.69, 9.17) is 4.74 Å². The zero-order valence-electron chi connectivity index (χ0n) is 17.0. The average Bonchev–Trinajstić information content (AvgIpc) is 3.18. The number of amides is 1. The number of nitrogens with one attached hydrogen (secondary N) is 1. The summed E-state index contributed by atoms with van der Waals surface area (Å²) in [7, 11) is 0. The molecule has 1 heterocycles. The minimum Gasteiger partial charge on any atom is -0.481 e. The fraction of sp³-hybridized carbons (Fsp3) is 0.333. The van der Waals surface area contributed by atoms with Crippen molar-refractivity contribution < 1.29 is 9.53 Å². The Morgan fingerprint density at radius 1 is 1.17 bits per heavy atom. The predicted octanol–water partition coefficient (Wildman–Crippen LogP) is 4.14. The summed E-state index contributed by atoms with van der Waals surface area (Å²) in [4.78, 5) is 17.0. The van der Waals surface area contributed by atoms with Gasteiger partial charge in [0.2, 0.25) is 0 Å². The Labute approximate surface area is 171 Å². The minimum atomic E-state index is -0.550. The smallest absolute Gasteiger partial charge is 0.261 e. The maximum Gasteiger partial charge on any atom is 0.261 e. The number of hydrogen-bond donors (Lipinski definition) is 1. The number of benzene rings is 2. The van der Waals surface area contributed by atoms with Crippen molar-refractivity contribution in [1.29, 1.82) is 0 Å². The number of aromatic nitrogens is 2. The van der Waals surface area contributed by atoms with Crippen LogP contribution in [0.4, 0.5) is 0 Å². The van der Waals surface area contributed by atoms with Gasteiger partial charge in [-0.05, 0) is 68.4 Å². The highest BCUT2D eigenvalue weighted by molar-refractivity contribution is 5.80. The lowest BCUT2D eigenvalue weighted by Crippen LogP contribution is -2.36. The van der Waals surface area contributed by atoms with Gasteiger partial charge in [0.05, 0.1) is 5.69 Å². The van der Waals surface area contributed by atoms with Gasteiger partial charge in [0.15, 0.2) is 6.10 Å². The first-order chi connectivity index (χ1) is 14.1. The van der Waals surface area contributed by atoms with E-state index >= 15 is 0 Å². The first kappa shape index (κ1) is 19.2. The van der Waals surface area contributed by atoms with Gasteiger partial charge >= 0.3 is 0 Å². The van der Waals surface area contributed by atoms with Crippen LogP contribution in [0.3, 0.4) is 0 Å². The first-order valence-corrected chi connectivity index (χ1v) is 10.3. The lowest BCUT2D eigenvalue weighted by Gasteiger charge is -2.22. The monoisotopic (exact) mass is 389 g/mol. The van der Waals surface area contributed by atoms with Crippen LogP contribution in [-0.4, -0.2) is 21.6 Å². The molecule has 1 unspecified atom stereocenters. The van der Waals surface area contributed by atoms with Gasteiger partial charge in [-0.25, -0.2) is 4.98 Å². The fourth-order valence-corrected chi connectivity index (χ4v) is 3.95. The fourth-order valence-electron chi connectivity index (χ4n) is 3.95. The van der Waals surface area contributed by atoms with Crippen molar-refractivity contribution in [3.05, 3.63) is 77.4 Å². The first-order valence-electron chi connectivity index (χ1n) is 10.3. The Hall–Kier alpha value is -3.08. The number of para-hydroxylation sites is 1. The van der Waals surface area contributed by atoms with Crippen molar-refractivity contribution in [2.45, 2.75) is 52.2 Å². The molecule has 0 spiro atoms. The van der Waals surface area contributed by atoms with E-state index in [0.29, 0.717) is 6.54 Å². The van der Waals surface area contributed by atoms with Crippen molar-refractivity contribution in [2.24, 2.45) is 0 Å². The Kier molecular flexibility index (Phi) is 5.65. The molecular weight excluding hydrogens is 362 g/mol. The van der Waals surface area contributed by atoms with Gasteiger partial charge in [-0.3, -0.25) is 4.79 Å². The highest BCUT2D eigenvalue weighted by Crippen LogP contribution is 2.30. The summed E-state index contributed by atoms with van der Waals surface area (Å²) in [5.74, 6) is 1.64. The zero-order chi connectivity index (χ0) is 20.2. The molecule has 5 heteroatoms. The van der Waals surface area contributed by atoms with Gasteiger partial charge in [0.1, 0.15) is 11.6 Å². The molecule has 0 bridgehead atoms. The van der Waals surface area contributed by atoms with Crippen LogP contribution in [0, 0.1) is 6.92 Å². The molecule has 150 valence electrons. The molecule has 2 aromatic carbocycles. The highest BCUT2D eigenvalue weighted by Gasteiger charge is 2.19. The van der Waals surface area contributed by atoms with E-state index in [2.05, 4.69) is 16.4 Å². The zero-order valence-corrected chi connectivity index (χ0v) is 17.0. The maximum absolute atomic E-state index is 12.7. The third kappa shape index (κ3) is 4.19. The lowest BCUT2D eigenvalue weighted by molar-refractivity contribution is -0.127. The Bertz CT molecular complexity index is 1010. The number of hydrogen-bond acceptors (Lipinski definition) is 3. The van der Waals surface area contributed by atoms with E-state index in [-0.39, 0.29) is 5.91 Å². The molecule has 4 rings (SSSR count). The van der Waals surface area contributed by atoms with Crippen molar-refractivity contribution in [3.8, 4) is 11.4 Å². The summed E-state index contributed by atoms with van der Waals surface area (Å²) in [6.45, 7) is 4.21. The second kappa shape index (κ2) is 8.52. The number of ether oxygens (including phenoxy) is 1. The second-order valence-electron chi connectivity index (χ2n) is 7.55. The summed E-state index contributed by atoms with van der Waals surface area (Å²) in [6, 6.07) is 14.2. The van der Waals surface area contributed by atoms with Crippen molar-refractivity contribution >= 4 is 5.91 Å². The normalized spacial score (nSPS) is 14.1. The van der Waals surface area contributed by atoms with Crippen molar-refractivity contribution in [2.75, 3.05) is 0 Å². The molecule has 1 aliphatic carbocycles. The SMILES string of the molecule is Cc1nccn1-c1ccccc1CNC(=O)C(C)Oc1cccc2c1CCCC2. The Morgan fingerprint density at radius 2 is 2.00 bits per heavy atom. The van der Waals surface area contributed by atoms with E-state index in [1.54, 1.807) is 6.20 Å². The van der Waals surface area contributed by atoms with Crippen LogP contribution in [0.15, 0.2) is 54.9 Å². The second-order valence-corrected chi connectivity index (χ2v) is 7.55. The van der Waals surface area contributed by atoms with E-state index in [9.17, 15) is 4.79 Å². The third-order valence-electron chi connectivity index (χ3n) is 5.56. The minimum absolute atomic E-state index is 0.115. The van der Waals surface area contributed by atoms with Crippen LogP contribution in [-0.2, 0) is 24.2 Å². The number of nitrogens with zero attached hydrogens (tertiary/aromatic N) is 2. The number of rotatable bonds is 6. The summed E-state index contributed by atoms with van der Waals surface area (Å²) in [5.41, 5.74) is 4.67. The number of fused-ring (bicyclic) bond motifs is 1. The van der Waals surface area contributed by atoms with E-state index < -0.39 is 6.10 Å². The molecule has 1 atom stereocenters. The van der Waals surface area contributed by atoms with Crippen LogP contribution in [0.25, 0.3) is 5.69 Å². The number of carbonyl (C=O) groups excluding carboxylic acids is 1. The average molecular weight is 389 g/mol. The molecule has 5 nitrogen and oxygen atoms in total. The van der Waals surface area contributed by atoms with E-state index in [1.165, 1.54) is 24.0 Å². The number of carbonyl (C=O) groups is 1. The molecule has 1 aromatic heterocycles. The van der Waals surface area contributed by atoms with Crippen molar-refractivity contribution in [1.82, 2.24) is 14.9 Å². The Morgan fingerprint density at radius 3 is 2.83 bits per heavy atom. The molecule has 0 saturated heterocycles. The van der Waals surface area contributed by atoms with Gasteiger partial charge in [-0.2, -0.15) is 0 Å². The predicted molar refractivity (Wildman–Crippen MR) is 113 cm³/mol. The van der Waals surface area contributed by atoms with Crippen LogP contribution < -0.4 is 10.1 Å². The van der Waals surface area contributed by atoms with Gasteiger partial charge < -0.3 is 14.6 Å². The summed E-state index contributed by atoms with van der Waals surface area (Å²) < 4.78 is 8.08. The van der Waals surface area contributed by atoms with Crippen LogP contribution in [0.1, 0.15) is 42.3 Å². The Balaban J connectivity index is 1.43. The molecule has 0 aliphatic heterocycles. The topological polar surface area (TPSA) is 56.2 Å². The van der Waals surface area contributed by atoms with Crippen LogP contribution in [0.5, 0.6) is 5.75 Å². The molecule has 3 aromatic rings. The third-order valence-corrected chi connectivity index (χ3v) is 5.56. The summed E-state index contributed by atoms with van der Waals surface area (Å²) >= 11 is 0. The molecule has 29 heavy (non-hydrogen) atoms. The molecule has 1 aliphatic rings. The lowest BCUT2D eigenvalue weighted by atomic mass is 9.91. The van der Waals surface area contributed by atoms with E-state index in [0.717, 1.165) is 35.7 Å². The summed E-state index contributed by atoms with van der Waals surface area (Å²) in [5, 5.41) is 3.02. The molecule has 0 saturated carbocycles. The maximum atomic E-state index is 12.7. The quantitative estimate of drug-likeness (QED) is 0.689. The van der Waals surface area contributed by atoms with Crippen molar-refractivity contribution in [3.63, 3.8) is 0 Å². The number of aryl methyl sites for hydroxylation is 2. The van der Waals surface area contributed by atoms with Gasteiger partial charge in [0.25, 0.3) is 5.91 Å². The van der Waals surface area contributed by atoms with Gasteiger partial charge in [0, 0.05) is 18.9 Å². The largest absolute Gasteiger partial charge is 0.481 e. The van der Waals surface area contributed by atoms with Crippen LogP contribution in [0.2, 0.25) is 0 Å². The molecule has 0 fully saturated rings. The molecular formula is C24H27N3O2. The molecule has 0 radical (unpaired) electrons. The van der Waals surface area contributed by atoms with Crippen LogP contribution >= 0.6 is 0 Å². The standard InChI is InChI=1S/C24H27N3O2/c1-17(29-23-13-7-10-19-8-3-5-11-21(19)23)24(28)26-16-20-9-4-6-12-22(20)27-15-14-25-18(27)2/h4,6-7,9-10,12-15,17H,3,5,8,11,16H2,1-2H3,(H,26,28). The van der Waals surface area contributed by atoms with Gasteiger partial charge in [-0.1, -0.05) is 30.3 Å². The number of imidazole rings is 1. The highest BCUT2D eigenvalue weighted by atomic mass is 16.5. The van der Waals surface area contributed by atoms with Gasteiger partial charge in [-0.15, -0.1) is 0 Å².